The van der Waals surface area contributed by atoms with E-state index in [0.29, 0.717) is 5.56 Å². The van der Waals surface area contributed by atoms with Gasteiger partial charge in [-0.05, 0) is 23.3 Å². The molecule has 1 aromatic carbocycles. The lowest BCUT2D eigenvalue weighted by molar-refractivity contribution is -0.157. The van der Waals surface area contributed by atoms with Crippen LogP contribution in [0.25, 0.3) is 0 Å². The molecule has 1 aromatic rings. The van der Waals surface area contributed by atoms with Gasteiger partial charge in [0.15, 0.2) is 17.2 Å². The molecule has 0 saturated heterocycles. The van der Waals surface area contributed by atoms with Crippen molar-refractivity contribution < 1.29 is 23.8 Å². The van der Waals surface area contributed by atoms with Crippen LogP contribution in [0.15, 0.2) is 12.1 Å². The molecule has 0 aromatic heterocycles. The second kappa shape index (κ2) is 3.49. The van der Waals surface area contributed by atoms with Gasteiger partial charge in [0.2, 0.25) is 0 Å². The highest BCUT2D eigenvalue weighted by molar-refractivity contribution is 9.09. The first-order chi connectivity index (χ1) is 7.36. The van der Waals surface area contributed by atoms with Crippen LogP contribution in [0.3, 0.4) is 0 Å². The zero-order chi connectivity index (χ0) is 12.1. The van der Waals surface area contributed by atoms with Crippen molar-refractivity contribution >= 4 is 21.9 Å². The summed E-state index contributed by atoms with van der Waals surface area (Å²) in [5.41, 5.74) is -1.49. The molecule has 0 bridgehead atoms. The van der Waals surface area contributed by atoms with E-state index in [1.807, 2.05) is 0 Å². The Hall–Kier alpha value is -1.01. The molecule has 6 heteroatoms. The number of rotatable bonds is 1. The molecule has 86 valence electrons. The largest absolute Gasteiger partial charge is 0.479 e. The second-order valence-corrected chi connectivity index (χ2v) is 4.65. The lowest BCUT2D eigenvalue weighted by atomic mass is 10.0. The highest BCUT2D eigenvalue weighted by atomic mass is 79.9. The number of hydrogen-bond donors (Lipinski definition) is 2. The van der Waals surface area contributed by atoms with E-state index in [1.54, 1.807) is 0 Å². The Kier molecular flexibility index (Phi) is 2.51. The van der Waals surface area contributed by atoms with Crippen LogP contribution in [0.2, 0.25) is 0 Å². The summed E-state index contributed by atoms with van der Waals surface area (Å²) in [7, 11) is 0. The number of aliphatic carboxylic acids is 1. The number of benzene rings is 1. The molecule has 1 aliphatic carbocycles. The molecule has 2 rings (SSSR count). The first kappa shape index (κ1) is 11.5. The number of carbonyl (C=O) groups is 1. The summed E-state index contributed by atoms with van der Waals surface area (Å²) in [4.78, 5) is 9.96. The topological polar surface area (TPSA) is 57.5 Å². The fraction of sp³-hybridized carbons (Fsp3) is 0.300. The summed E-state index contributed by atoms with van der Waals surface area (Å²) in [5.74, 6) is -3.53. The monoisotopic (exact) mass is 292 g/mol. The van der Waals surface area contributed by atoms with Crippen LogP contribution in [-0.4, -0.2) is 21.8 Å². The smallest absolute Gasteiger partial charge is 0.337 e. The Labute approximate surface area is 97.8 Å². The standard InChI is InChI=1S/C10H7BrF2O3/c11-8-5-2-7(13)6(12)1-4(5)3-10(8,16)9(14)15/h1-2,8,16H,3H2,(H,14,15). The number of aliphatic hydroxyl groups is 1. The lowest BCUT2D eigenvalue weighted by Gasteiger charge is -2.20. The number of hydrogen-bond acceptors (Lipinski definition) is 2. The van der Waals surface area contributed by atoms with Crippen molar-refractivity contribution in [2.24, 2.45) is 0 Å². The SMILES string of the molecule is O=C(O)C1(O)Cc2cc(F)c(F)cc2C1Br. The van der Waals surface area contributed by atoms with E-state index in [4.69, 9.17) is 5.11 Å². The molecule has 2 atom stereocenters. The van der Waals surface area contributed by atoms with Crippen LogP contribution in [0, 0.1) is 11.6 Å². The number of halogens is 3. The second-order valence-electron chi connectivity index (χ2n) is 3.73. The van der Waals surface area contributed by atoms with Gasteiger partial charge >= 0.3 is 5.97 Å². The molecule has 0 amide bonds. The van der Waals surface area contributed by atoms with Gasteiger partial charge < -0.3 is 10.2 Å². The molecule has 1 aliphatic rings. The Balaban J connectivity index is 2.54. The molecule has 2 N–H and O–H groups in total. The highest BCUT2D eigenvalue weighted by Gasteiger charge is 2.50. The van der Waals surface area contributed by atoms with Crippen LogP contribution in [-0.2, 0) is 11.2 Å². The fourth-order valence-electron chi connectivity index (χ4n) is 1.81. The van der Waals surface area contributed by atoms with Crippen LogP contribution >= 0.6 is 15.9 Å². The minimum atomic E-state index is -2.05. The van der Waals surface area contributed by atoms with Crippen molar-refractivity contribution in [1.82, 2.24) is 0 Å². The fourth-order valence-corrected chi connectivity index (χ4v) is 2.60. The number of carboxylic acid groups (broad SMARTS) is 1. The molecular formula is C10H7BrF2O3. The number of carboxylic acids is 1. The molecule has 3 nitrogen and oxygen atoms in total. The van der Waals surface area contributed by atoms with Crippen molar-refractivity contribution in [3.05, 3.63) is 34.9 Å². The first-order valence-electron chi connectivity index (χ1n) is 4.44. The van der Waals surface area contributed by atoms with E-state index in [-0.39, 0.29) is 12.0 Å². The van der Waals surface area contributed by atoms with Gasteiger partial charge in [-0.2, -0.15) is 0 Å². The molecule has 0 spiro atoms. The average molecular weight is 293 g/mol. The molecule has 0 saturated carbocycles. The third-order valence-corrected chi connectivity index (χ3v) is 3.96. The summed E-state index contributed by atoms with van der Waals surface area (Å²) in [6.07, 6.45) is -0.245. The van der Waals surface area contributed by atoms with Crippen LogP contribution < -0.4 is 0 Å². The van der Waals surface area contributed by atoms with E-state index in [0.717, 1.165) is 12.1 Å². The van der Waals surface area contributed by atoms with E-state index in [1.165, 1.54) is 0 Å². The summed E-state index contributed by atoms with van der Waals surface area (Å²) in [6, 6.07) is 1.82. The predicted molar refractivity (Wildman–Crippen MR) is 54.3 cm³/mol. The molecule has 0 heterocycles. The normalized spacial score (nSPS) is 27.9. The van der Waals surface area contributed by atoms with Crippen LogP contribution in [0.4, 0.5) is 8.78 Å². The van der Waals surface area contributed by atoms with Gasteiger partial charge in [0.05, 0.1) is 4.83 Å². The maximum absolute atomic E-state index is 13.0. The molecule has 16 heavy (non-hydrogen) atoms. The van der Waals surface area contributed by atoms with Crippen molar-refractivity contribution in [3.8, 4) is 0 Å². The van der Waals surface area contributed by atoms with Crippen molar-refractivity contribution in [2.75, 3.05) is 0 Å². The summed E-state index contributed by atoms with van der Waals surface area (Å²) < 4.78 is 25.9. The predicted octanol–water partition coefficient (Wildman–Crippen LogP) is 1.77. The minimum absolute atomic E-state index is 0.245. The summed E-state index contributed by atoms with van der Waals surface area (Å²) >= 11 is 3.00. The quantitative estimate of drug-likeness (QED) is 0.776. The maximum Gasteiger partial charge on any atom is 0.337 e. The van der Waals surface area contributed by atoms with Crippen molar-refractivity contribution in [3.63, 3.8) is 0 Å². The number of fused-ring (bicyclic) bond motifs is 1. The van der Waals surface area contributed by atoms with Crippen LogP contribution in [0.1, 0.15) is 16.0 Å². The summed E-state index contributed by atoms with van der Waals surface area (Å²) in [5, 5.41) is 18.7. The summed E-state index contributed by atoms with van der Waals surface area (Å²) in [6.45, 7) is 0. The maximum atomic E-state index is 13.0. The Bertz CT molecular complexity index is 477. The lowest BCUT2D eigenvalue weighted by Crippen LogP contribution is -2.40. The minimum Gasteiger partial charge on any atom is -0.479 e. The van der Waals surface area contributed by atoms with E-state index in [9.17, 15) is 18.7 Å². The Morgan fingerprint density at radius 3 is 2.56 bits per heavy atom. The van der Waals surface area contributed by atoms with Gasteiger partial charge in [-0.25, -0.2) is 13.6 Å². The zero-order valence-corrected chi connectivity index (χ0v) is 9.46. The van der Waals surface area contributed by atoms with E-state index in [2.05, 4.69) is 15.9 Å². The molecule has 0 radical (unpaired) electrons. The van der Waals surface area contributed by atoms with E-state index >= 15 is 0 Å². The van der Waals surface area contributed by atoms with Crippen LogP contribution in [0.5, 0.6) is 0 Å². The zero-order valence-electron chi connectivity index (χ0n) is 7.88. The van der Waals surface area contributed by atoms with Gasteiger partial charge in [-0.15, -0.1) is 0 Å². The molecular weight excluding hydrogens is 286 g/mol. The third kappa shape index (κ3) is 1.44. The van der Waals surface area contributed by atoms with Gasteiger partial charge in [-0.1, -0.05) is 15.9 Å². The van der Waals surface area contributed by atoms with E-state index < -0.39 is 28.0 Å². The van der Waals surface area contributed by atoms with Gasteiger partial charge in [0.1, 0.15) is 0 Å². The van der Waals surface area contributed by atoms with Crippen molar-refractivity contribution in [2.45, 2.75) is 16.8 Å². The number of alkyl halides is 1. The molecule has 0 fully saturated rings. The average Bonchev–Trinajstić information content (AvgIpc) is 2.43. The highest BCUT2D eigenvalue weighted by Crippen LogP contribution is 2.45. The van der Waals surface area contributed by atoms with Gasteiger partial charge in [0, 0.05) is 6.42 Å². The molecule has 0 aliphatic heterocycles. The van der Waals surface area contributed by atoms with Gasteiger partial charge in [-0.3, -0.25) is 0 Å². The first-order valence-corrected chi connectivity index (χ1v) is 5.35. The Morgan fingerprint density at radius 2 is 2.00 bits per heavy atom. The third-order valence-electron chi connectivity index (χ3n) is 2.70. The molecule has 2 unspecified atom stereocenters. The van der Waals surface area contributed by atoms with Gasteiger partial charge in [0.25, 0.3) is 0 Å². The van der Waals surface area contributed by atoms with Crippen molar-refractivity contribution in [1.29, 1.82) is 0 Å². The Morgan fingerprint density at radius 1 is 1.44 bits per heavy atom.